The fourth-order valence-electron chi connectivity index (χ4n) is 4.58. The van der Waals surface area contributed by atoms with Crippen molar-refractivity contribution in [1.82, 2.24) is 24.6 Å². The second kappa shape index (κ2) is 8.94. The molecule has 1 aliphatic carbocycles. The number of nitrogens with zero attached hydrogens (tertiary/aromatic N) is 5. The third-order valence-corrected chi connectivity index (χ3v) is 6.91. The van der Waals surface area contributed by atoms with Gasteiger partial charge < -0.3 is 14.4 Å². The van der Waals surface area contributed by atoms with E-state index in [1.807, 2.05) is 29.1 Å². The molecule has 0 spiro atoms. The summed E-state index contributed by atoms with van der Waals surface area (Å²) in [6.07, 6.45) is 7.26. The molecule has 0 radical (unpaired) electrons. The van der Waals surface area contributed by atoms with E-state index in [2.05, 4.69) is 30.9 Å². The largest absolute Gasteiger partial charge is 0.469 e. The van der Waals surface area contributed by atoms with Gasteiger partial charge in [-0.25, -0.2) is 9.78 Å². The minimum Gasteiger partial charge on any atom is -0.469 e. The molecular weight excluding hydrogens is 446 g/mol. The molecule has 1 saturated heterocycles. The summed E-state index contributed by atoms with van der Waals surface area (Å²) in [6, 6.07) is 6.02. The predicted molar refractivity (Wildman–Crippen MR) is 129 cm³/mol. The second-order valence-corrected chi connectivity index (χ2v) is 10.5. The smallest absolute Gasteiger partial charge is 0.410 e. The van der Waals surface area contributed by atoms with Gasteiger partial charge in [-0.2, -0.15) is 5.10 Å². The van der Waals surface area contributed by atoms with Gasteiger partial charge in [-0.1, -0.05) is 26.8 Å². The number of hydrogen-bond acceptors (Lipinski definition) is 7. The van der Waals surface area contributed by atoms with Crippen LogP contribution in [0.1, 0.15) is 57.7 Å². The third kappa shape index (κ3) is 4.59. The molecule has 9 nitrogen and oxygen atoms in total. The van der Waals surface area contributed by atoms with Crippen molar-refractivity contribution in [3.63, 3.8) is 0 Å². The summed E-state index contributed by atoms with van der Waals surface area (Å²) in [5.41, 5.74) is 3.69. The molecule has 5 rings (SSSR count). The summed E-state index contributed by atoms with van der Waals surface area (Å²) in [6.45, 7) is 7.69. The first-order valence-corrected chi connectivity index (χ1v) is 12.1. The van der Waals surface area contributed by atoms with Crippen molar-refractivity contribution >= 4 is 23.1 Å². The van der Waals surface area contributed by atoms with Crippen LogP contribution in [0.25, 0.3) is 22.3 Å². The first-order valence-electron chi connectivity index (χ1n) is 12.1. The van der Waals surface area contributed by atoms with Crippen LogP contribution in [0.2, 0.25) is 0 Å². The lowest BCUT2D eigenvalue weighted by Crippen LogP contribution is -2.43. The summed E-state index contributed by atoms with van der Waals surface area (Å²) in [5, 5.41) is 4.49. The molecule has 3 aromatic rings. The van der Waals surface area contributed by atoms with Crippen molar-refractivity contribution in [2.75, 3.05) is 20.2 Å². The molecule has 1 unspecified atom stereocenters. The average molecular weight is 478 g/mol. The van der Waals surface area contributed by atoms with E-state index in [4.69, 9.17) is 14.5 Å². The zero-order chi connectivity index (χ0) is 24.7. The number of esters is 1. The molecule has 0 bridgehead atoms. The number of ether oxygens (including phenoxy) is 2. The van der Waals surface area contributed by atoms with Gasteiger partial charge in [0.15, 0.2) is 0 Å². The SMILES string of the molecule is COC(=O)C1CC(n2cc(-c3cnc4ccc(C(OC(=O)N5CCC5)C(C)(C)C)cc4n3)cn2)C1. The average Bonchev–Trinajstić information content (AvgIpc) is 3.23. The van der Waals surface area contributed by atoms with Crippen molar-refractivity contribution < 1.29 is 19.1 Å². The van der Waals surface area contributed by atoms with Gasteiger partial charge in [-0.3, -0.25) is 14.5 Å². The molecule has 184 valence electrons. The number of fused-ring (bicyclic) bond motifs is 1. The maximum atomic E-state index is 12.6. The van der Waals surface area contributed by atoms with E-state index in [1.54, 1.807) is 17.3 Å². The van der Waals surface area contributed by atoms with Gasteiger partial charge in [0.2, 0.25) is 0 Å². The standard InChI is InChI=1S/C26H31N5O4/c1-26(2,3)23(35-25(33)30-8-5-9-30)16-6-7-20-21(12-16)29-22(14-27-20)18-13-28-31(15-18)19-10-17(11-19)24(32)34-4/h6-7,12-15,17,19,23H,5,8-11H2,1-4H3. The molecule has 35 heavy (non-hydrogen) atoms. The third-order valence-electron chi connectivity index (χ3n) is 6.91. The van der Waals surface area contributed by atoms with Crippen LogP contribution < -0.4 is 0 Å². The maximum absolute atomic E-state index is 12.6. The van der Waals surface area contributed by atoms with Crippen LogP contribution in [0.5, 0.6) is 0 Å². The fourth-order valence-corrected chi connectivity index (χ4v) is 4.58. The molecule has 1 aromatic carbocycles. The Hall–Kier alpha value is -3.49. The zero-order valence-corrected chi connectivity index (χ0v) is 20.6. The quantitative estimate of drug-likeness (QED) is 0.497. The molecule has 1 amide bonds. The van der Waals surface area contributed by atoms with Crippen LogP contribution in [0.15, 0.2) is 36.8 Å². The van der Waals surface area contributed by atoms with E-state index in [-0.39, 0.29) is 29.4 Å². The molecule has 2 fully saturated rings. The molecular formula is C26H31N5O4. The molecule has 3 heterocycles. The Bertz CT molecular complexity index is 1250. The summed E-state index contributed by atoms with van der Waals surface area (Å²) in [7, 11) is 1.42. The highest BCUT2D eigenvalue weighted by Gasteiger charge is 2.37. The van der Waals surface area contributed by atoms with Crippen molar-refractivity contribution in [1.29, 1.82) is 0 Å². The number of carbonyl (C=O) groups is 2. The first-order chi connectivity index (χ1) is 16.7. The molecule has 1 atom stereocenters. The van der Waals surface area contributed by atoms with Crippen LogP contribution in [0.3, 0.4) is 0 Å². The Labute approximate surface area is 204 Å². The second-order valence-electron chi connectivity index (χ2n) is 10.5. The van der Waals surface area contributed by atoms with Gasteiger partial charge >= 0.3 is 12.1 Å². The minimum absolute atomic E-state index is 0.0533. The number of rotatable bonds is 5. The number of methoxy groups -OCH3 is 1. The van der Waals surface area contributed by atoms with Gasteiger partial charge in [0.05, 0.1) is 48.2 Å². The lowest BCUT2D eigenvalue weighted by atomic mass is 9.80. The lowest BCUT2D eigenvalue weighted by Gasteiger charge is -2.36. The summed E-state index contributed by atoms with van der Waals surface area (Å²) in [5.74, 6) is -0.212. The number of benzene rings is 1. The number of aromatic nitrogens is 4. The normalized spacial score (nSPS) is 20.6. The van der Waals surface area contributed by atoms with Gasteiger partial charge in [0, 0.05) is 30.3 Å². The van der Waals surface area contributed by atoms with E-state index in [9.17, 15) is 9.59 Å². The Morgan fingerprint density at radius 3 is 2.54 bits per heavy atom. The predicted octanol–water partition coefficient (Wildman–Crippen LogP) is 4.55. The lowest BCUT2D eigenvalue weighted by molar-refractivity contribution is -0.149. The van der Waals surface area contributed by atoms with Crippen molar-refractivity contribution in [2.24, 2.45) is 11.3 Å². The Morgan fingerprint density at radius 1 is 1.11 bits per heavy atom. The van der Waals surface area contributed by atoms with Crippen molar-refractivity contribution in [3.8, 4) is 11.3 Å². The maximum Gasteiger partial charge on any atom is 0.410 e. The summed E-state index contributed by atoms with van der Waals surface area (Å²) >= 11 is 0. The van der Waals surface area contributed by atoms with E-state index in [0.717, 1.165) is 60.2 Å². The van der Waals surface area contributed by atoms with Gasteiger partial charge in [-0.15, -0.1) is 0 Å². The van der Waals surface area contributed by atoms with Gasteiger partial charge in [0.1, 0.15) is 6.10 Å². The Morgan fingerprint density at radius 2 is 1.89 bits per heavy atom. The summed E-state index contributed by atoms with van der Waals surface area (Å²) < 4.78 is 12.7. The van der Waals surface area contributed by atoms with Crippen LogP contribution in [0.4, 0.5) is 4.79 Å². The highest BCUT2D eigenvalue weighted by molar-refractivity contribution is 5.78. The molecule has 1 saturated carbocycles. The number of carbonyl (C=O) groups excluding carboxylic acids is 2. The van der Waals surface area contributed by atoms with Crippen molar-refractivity contribution in [2.45, 2.75) is 52.2 Å². The van der Waals surface area contributed by atoms with E-state index in [0.29, 0.717) is 0 Å². The Balaban J connectivity index is 1.38. The van der Waals surface area contributed by atoms with Crippen LogP contribution >= 0.6 is 0 Å². The highest BCUT2D eigenvalue weighted by atomic mass is 16.6. The van der Waals surface area contributed by atoms with E-state index in [1.165, 1.54) is 7.11 Å². The highest BCUT2D eigenvalue weighted by Crippen LogP contribution is 2.39. The molecule has 9 heteroatoms. The Kier molecular flexibility index (Phi) is 5.94. The number of likely N-dealkylation sites (tertiary alicyclic amines) is 1. The van der Waals surface area contributed by atoms with E-state index >= 15 is 0 Å². The molecule has 1 aliphatic heterocycles. The molecule has 2 aliphatic rings. The number of amides is 1. The van der Waals surface area contributed by atoms with Crippen LogP contribution in [-0.4, -0.2) is 56.9 Å². The fraction of sp³-hybridized carbons (Fsp3) is 0.500. The van der Waals surface area contributed by atoms with Crippen LogP contribution in [-0.2, 0) is 14.3 Å². The molecule has 0 N–H and O–H groups in total. The monoisotopic (exact) mass is 477 g/mol. The van der Waals surface area contributed by atoms with E-state index < -0.39 is 6.10 Å². The molecule has 2 aromatic heterocycles. The van der Waals surface area contributed by atoms with Crippen LogP contribution in [0, 0.1) is 11.3 Å². The van der Waals surface area contributed by atoms with Gasteiger partial charge in [0.25, 0.3) is 0 Å². The van der Waals surface area contributed by atoms with Gasteiger partial charge in [-0.05, 0) is 37.0 Å². The first kappa shape index (κ1) is 23.3. The number of hydrogen-bond donors (Lipinski definition) is 0. The minimum atomic E-state index is -0.408. The zero-order valence-electron chi connectivity index (χ0n) is 20.6. The topological polar surface area (TPSA) is 99.4 Å². The van der Waals surface area contributed by atoms with Crippen molar-refractivity contribution in [3.05, 3.63) is 42.4 Å². The summed E-state index contributed by atoms with van der Waals surface area (Å²) in [4.78, 5) is 35.4.